The number of ether oxygens (including phenoxy) is 1. The quantitative estimate of drug-likeness (QED) is 0.544. The Bertz CT molecular complexity index is 731. The lowest BCUT2D eigenvalue weighted by Crippen LogP contribution is -2.47. The van der Waals surface area contributed by atoms with Gasteiger partial charge in [-0.2, -0.15) is 5.10 Å². The van der Waals surface area contributed by atoms with Crippen LogP contribution in [0.5, 0.6) is 0 Å². The van der Waals surface area contributed by atoms with Crippen molar-refractivity contribution in [3.8, 4) is 0 Å². The van der Waals surface area contributed by atoms with Gasteiger partial charge in [0.2, 0.25) is 0 Å². The molecule has 0 unspecified atom stereocenters. The highest BCUT2D eigenvalue weighted by atomic mass is 79.9. The van der Waals surface area contributed by atoms with Crippen LogP contribution >= 0.6 is 15.9 Å². The summed E-state index contributed by atoms with van der Waals surface area (Å²) in [7, 11) is 0. The summed E-state index contributed by atoms with van der Waals surface area (Å²) in [6.07, 6.45) is 1.03. The summed E-state index contributed by atoms with van der Waals surface area (Å²) < 4.78 is 10.7. The largest absolute Gasteiger partial charge is 0.450 e. The number of nitrogens with one attached hydrogen (secondary N) is 2. The van der Waals surface area contributed by atoms with E-state index >= 15 is 0 Å². The maximum absolute atomic E-state index is 12.3. The van der Waals surface area contributed by atoms with E-state index in [2.05, 4.69) is 31.8 Å². The summed E-state index contributed by atoms with van der Waals surface area (Å²) in [5.74, 6) is 0.0175. The van der Waals surface area contributed by atoms with Crippen LogP contribution in [-0.4, -0.2) is 30.9 Å². The van der Waals surface area contributed by atoms with Crippen LogP contribution in [0.15, 0.2) is 56.7 Å². The first-order chi connectivity index (χ1) is 12.1. The Kier molecular flexibility index (Phi) is 7.21. The zero-order valence-corrected chi connectivity index (χ0v) is 15.2. The summed E-state index contributed by atoms with van der Waals surface area (Å²) >= 11 is 3.18. The summed E-state index contributed by atoms with van der Waals surface area (Å²) in [5, 5.41) is 6.38. The second-order valence-electron chi connectivity index (χ2n) is 4.98. The number of rotatable bonds is 7. The van der Waals surface area contributed by atoms with Gasteiger partial charge in [-0.1, -0.05) is 30.3 Å². The number of hydrogen-bond acceptors (Lipinski definition) is 5. The van der Waals surface area contributed by atoms with Crippen molar-refractivity contribution >= 4 is 34.1 Å². The summed E-state index contributed by atoms with van der Waals surface area (Å²) in [6, 6.07) is 11.9. The van der Waals surface area contributed by atoms with Crippen molar-refractivity contribution < 1.29 is 18.7 Å². The Hall–Kier alpha value is -2.61. The lowest BCUT2D eigenvalue weighted by atomic mass is 10.1. The highest BCUT2D eigenvalue weighted by Crippen LogP contribution is 2.12. The number of amides is 2. The fourth-order valence-corrected chi connectivity index (χ4v) is 2.33. The van der Waals surface area contributed by atoms with Crippen LogP contribution in [-0.2, 0) is 16.0 Å². The van der Waals surface area contributed by atoms with Crippen LogP contribution in [0.3, 0.4) is 0 Å². The molecule has 2 rings (SSSR count). The first-order valence-corrected chi connectivity index (χ1v) is 8.43. The second kappa shape index (κ2) is 9.63. The maximum Gasteiger partial charge on any atom is 0.407 e. The summed E-state index contributed by atoms with van der Waals surface area (Å²) in [6.45, 7) is 1.91. The van der Waals surface area contributed by atoms with E-state index < -0.39 is 18.0 Å². The fraction of sp³-hybridized carbons (Fsp3) is 0.235. The predicted octanol–water partition coefficient (Wildman–Crippen LogP) is 2.85. The normalized spacial score (nSPS) is 11.9. The average Bonchev–Trinajstić information content (AvgIpc) is 3.00. The minimum absolute atomic E-state index is 0.219. The van der Waals surface area contributed by atoms with Gasteiger partial charge >= 0.3 is 6.09 Å². The Morgan fingerprint density at radius 1 is 1.28 bits per heavy atom. The molecular formula is C17H18BrN3O4. The van der Waals surface area contributed by atoms with Gasteiger partial charge in [0.25, 0.3) is 5.91 Å². The van der Waals surface area contributed by atoms with Crippen LogP contribution in [0.1, 0.15) is 18.2 Å². The van der Waals surface area contributed by atoms with E-state index in [4.69, 9.17) is 9.15 Å². The molecule has 0 saturated heterocycles. The van der Waals surface area contributed by atoms with Crippen molar-refractivity contribution in [2.24, 2.45) is 5.10 Å². The van der Waals surface area contributed by atoms with Crippen molar-refractivity contribution in [3.05, 3.63) is 58.5 Å². The average molecular weight is 408 g/mol. The van der Waals surface area contributed by atoms with Gasteiger partial charge in [-0.15, -0.1) is 0 Å². The van der Waals surface area contributed by atoms with E-state index in [1.807, 2.05) is 30.3 Å². The number of carbonyl (C=O) groups excluding carboxylic acids is 2. The molecule has 1 heterocycles. The highest BCUT2D eigenvalue weighted by Gasteiger charge is 2.21. The molecule has 2 amide bonds. The van der Waals surface area contributed by atoms with E-state index in [1.165, 1.54) is 6.21 Å². The molecule has 0 fully saturated rings. The van der Waals surface area contributed by atoms with Crippen molar-refractivity contribution in [2.75, 3.05) is 6.61 Å². The first kappa shape index (κ1) is 18.7. The molecule has 0 aliphatic heterocycles. The molecule has 0 radical (unpaired) electrons. The van der Waals surface area contributed by atoms with Gasteiger partial charge in [0, 0.05) is 6.42 Å². The lowest BCUT2D eigenvalue weighted by Gasteiger charge is -2.16. The third-order valence-electron chi connectivity index (χ3n) is 3.13. The maximum atomic E-state index is 12.3. The first-order valence-electron chi connectivity index (χ1n) is 7.64. The van der Waals surface area contributed by atoms with Crippen LogP contribution < -0.4 is 10.7 Å². The molecule has 0 aliphatic rings. The monoisotopic (exact) mass is 407 g/mol. The number of hydrogen-bond donors (Lipinski definition) is 2. The number of furan rings is 1. The topological polar surface area (TPSA) is 92.9 Å². The van der Waals surface area contributed by atoms with Gasteiger partial charge in [0.15, 0.2) is 4.67 Å². The van der Waals surface area contributed by atoms with Gasteiger partial charge in [-0.05, 0) is 40.5 Å². The zero-order chi connectivity index (χ0) is 18.1. The SMILES string of the molecule is CCOC(=O)N[C@@H](Cc1ccccc1)C(=O)N/N=C\c1ccc(Br)o1. The Labute approximate surface area is 153 Å². The van der Waals surface area contributed by atoms with Crippen molar-refractivity contribution in [2.45, 2.75) is 19.4 Å². The van der Waals surface area contributed by atoms with Gasteiger partial charge < -0.3 is 14.5 Å². The Morgan fingerprint density at radius 3 is 2.68 bits per heavy atom. The molecule has 2 aromatic rings. The molecule has 0 spiro atoms. The number of halogens is 1. The molecule has 132 valence electrons. The number of alkyl carbamates (subject to hydrolysis) is 1. The number of nitrogens with zero attached hydrogens (tertiary/aromatic N) is 1. The standard InChI is InChI=1S/C17H18BrN3O4/c1-2-24-17(23)20-14(10-12-6-4-3-5-7-12)16(22)21-19-11-13-8-9-15(18)25-13/h3-9,11,14H,2,10H2,1H3,(H,20,23)(H,21,22)/b19-11-/t14-/m0/s1. The molecular weight excluding hydrogens is 390 g/mol. The van der Waals surface area contributed by atoms with Crippen molar-refractivity contribution in [1.29, 1.82) is 0 Å². The minimum atomic E-state index is -0.818. The van der Waals surface area contributed by atoms with Gasteiger partial charge in [-0.3, -0.25) is 4.79 Å². The van der Waals surface area contributed by atoms with Crippen molar-refractivity contribution in [1.82, 2.24) is 10.7 Å². The smallest absolute Gasteiger partial charge is 0.407 e. The minimum Gasteiger partial charge on any atom is -0.450 e. The number of hydrazone groups is 1. The van der Waals surface area contributed by atoms with E-state index in [-0.39, 0.29) is 6.61 Å². The predicted molar refractivity (Wildman–Crippen MR) is 96.2 cm³/mol. The van der Waals surface area contributed by atoms with Crippen LogP contribution in [0.2, 0.25) is 0 Å². The van der Waals surface area contributed by atoms with Gasteiger partial charge in [0.05, 0.1) is 12.8 Å². The van der Waals surface area contributed by atoms with E-state index in [0.717, 1.165) is 5.56 Å². The number of benzene rings is 1. The van der Waals surface area contributed by atoms with E-state index in [1.54, 1.807) is 19.1 Å². The highest BCUT2D eigenvalue weighted by molar-refractivity contribution is 9.10. The van der Waals surface area contributed by atoms with Gasteiger partial charge in [-0.25, -0.2) is 10.2 Å². The molecule has 7 nitrogen and oxygen atoms in total. The number of carbonyl (C=O) groups is 2. The van der Waals surface area contributed by atoms with E-state index in [9.17, 15) is 9.59 Å². The molecule has 0 aliphatic carbocycles. The fourth-order valence-electron chi connectivity index (χ4n) is 2.01. The molecule has 1 aromatic heterocycles. The third kappa shape index (κ3) is 6.42. The molecule has 1 aromatic carbocycles. The third-order valence-corrected chi connectivity index (χ3v) is 3.55. The Morgan fingerprint density at radius 2 is 2.04 bits per heavy atom. The van der Waals surface area contributed by atoms with Crippen LogP contribution in [0.25, 0.3) is 0 Å². The molecule has 0 saturated carbocycles. The molecule has 1 atom stereocenters. The van der Waals surface area contributed by atoms with Crippen LogP contribution in [0.4, 0.5) is 4.79 Å². The summed E-state index contributed by atoms with van der Waals surface area (Å²) in [5.41, 5.74) is 3.29. The van der Waals surface area contributed by atoms with Crippen molar-refractivity contribution in [3.63, 3.8) is 0 Å². The molecule has 8 heteroatoms. The second-order valence-corrected chi connectivity index (χ2v) is 5.76. The molecule has 2 N–H and O–H groups in total. The van der Waals surface area contributed by atoms with Gasteiger partial charge in [0.1, 0.15) is 11.8 Å². The summed E-state index contributed by atoms with van der Waals surface area (Å²) in [4.78, 5) is 24.0. The zero-order valence-electron chi connectivity index (χ0n) is 13.6. The van der Waals surface area contributed by atoms with Crippen LogP contribution in [0, 0.1) is 0 Å². The van der Waals surface area contributed by atoms with E-state index in [0.29, 0.717) is 16.9 Å². The Balaban J connectivity index is 2.00. The molecule has 0 bridgehead atoms. The lowest BCUT2D eigenvalue weighted by molar-refractivity contribution is -0.123. The molecule has 25 heavy (non-hydrogen) atoms.